The topological polar surface area (TPSA) is 46.4 Å². The van der Waals surface area contributed by atoms with E-state index in [0.29, 0.717) is 10.6 Å². The van der Waals surface area contributed by atoms with Gasteiger partial charge in [-0.15, -0.1) is 0 Å². The molecule has 3 rings (SSSR count). The third-order valence-electron chi connectivity index (χ3n) is 4.43. The molecule has 4 nitrogen and oxygen atoms in total. The summed E-state index contributed by atoms with van der Waals surface area (Å²) in [4.78, 5) is 12.3. The highest BCUT2D eigenvalue weighted by atomic mass is 79.9. The quantitative estimate of drug-likeness (QED) is 0.350. The molecule has 0 bridgehead atoms. The second-order valence-corrected chi connectivity index (χ2v) is 8.12. The van der Waals surface area contributed by atoms with Crippen LogP contribution in [0.1, 0.15) is 32.9 Å². The minimum absolute atomic E-state index is 0.281. The summed E-state index contributed by atoms with van der Waals surface area (Å²) in [6.07, 6.45) is 1.63. The first kappa shape index (κ1) is 20.6. The van der Waals surface area contributed by atoms with E-state index in [9.17, 15) is 4.79 Å². The Bertz CT molecular complexity index is 1090. The van der Waals surface area contributed by atoms with Crippen molar-refractivity contribution in [3.05, 3.63) is 85.1 Å². The van der Waals surface area contributed by atoms with Gasteiger partial charge in [0.2, 0.25) is 0 Å². The minimum Gasteiger partial charge on any atom is -0.318 e. The Hall–Kier alpha value is -2.08. The van der Waals surface area contributed by atoms with Gasteiger partial charge in [0, 0.05) is 32.1 Å². The van der Waals surface area contributed by atoms with E-state index in [-0.39, 0.29) is 5.02 Å². The van der Waals surface area contributed by atoms with E-state index in [0.717, 1.165) is 27.1 Å². The van der Waals surface area contributed by atoms with Crippen molar-refractivity contribution in [3.8, 4) is 5.69 Å². The van der Waals surface area contributed by atoms with Gasteiger partial charge in [0.05, 0.1) is 16.8 Å². The lowest BCUT2D eigenvalue weighted by atomic mass is 10.2. The van der Waals surface area contributed by atoms with Crippen molar-refractivity contribution in [3.63, 3.8) is 0 Å². The van der Waals surface area contributed by atoms with Crippen LogP contribution in [0.4, 0.5) is 0 Å². The molecule has 0 saturated heterocycles. The zero-order valence-electron chi connectivity index (χ0n) is 15.6. The van der Waals surface area contributed by atoms with Gasteiger partial charge in [0.1, 0.15) is 0 Å². The molecule has 7 heteroatoms. The standard InChI is InChI=1S/C21H18BrCl2N3O/c1-12-4-6-17(10-19(12)22)27-13(2)8-15(14(27)3)11-25-26-21(28)18-7-5-16(23)9-20(18)24/h4-11H,1-3H3,(H,26,28)/b25-11-. The smallest absolute Gasteiger partial charge is 0.272 e. The van der Waals surface area contributed by atoms with Crippen molar-refractivity contribution in [2.45, 2.75) is 20.8 Å². The van der Waals surface area contributed by atoms with Crippen molar-refractivity contribution in [2.24, 2.45) is 5.10 Å². The number of carbonyl (C=O) groups excluding carboxylic acids is 1. The Morgan fingerprint density at radius 2 is 1.86 bits per heavy atom. The summed E-state index contributed by atoms with van der Waals surface area (Å²) in [6, 6.07) is 13.0. The Kier molecular flexibility index (Phi) is 6.28. The first-order valence-corrected chi connectivity index (χ1v) is 10.1. The molecule has 0 unspecified atom stereocenters. The van der Waals surface area contributed by atoms with Crippen LogP contribution in [0.5, 0.6) is 0 Å². The van der Waals surface area contributed by atoms with Crippen molar-refractivity contribution < 1.29 is 4.79 Å². The SMILES string of the molecule is Cc1ccc(-n2c(C)cc(/C=N\NC(=O)c3ccc(Cl)cc3Cl)c2C)cc1Br. The molecule has 1 aromatic heterocycles. The molecule has 0 aliphatic rings. The van der Waals surface area contributed by atoms with Crippen LogP contribution in [0.2, 0.25) is 10.0 Å². The number of aromatic nitrogens is 1. The van der Waals surface area contributed by atoms with E-state index >= 15 is 0 Å². The molecule has 144 valence electrons. The van der Waals surface area contributed by atoms with E-state index in [1.165, 1.54) is 11.6 Å². The molecular weight excluding hydrogens is 461 g/mol. The predicted molar refractivity (Wildman–Crippen MR) is 119 cm³/mol. The zero-order chi connectivity index (χ0) is 20.4. The third kappa shape index (κ3) is 4.32. The lowest BCUT2D eigenvalue weighted by molar-refractivity contribution is 0.0955. The zero-order valence-corrected chi connectivity index (χ0v) is 18.7. The summed E-state index contributed by atoms with van der Waals surface area (Å²) < 4.78 is 3.20. The van der Waals surface area contributed by atoms with Gasteiger partial charge < -0.3 is 4.57 Å². The molecule has 3 aromatic rings. The van der Waals surface area contributed by atoms with Crippen molar-refractivity contribution in [2.75, 3.05) is 0 Å². The number of nitrogens with one attached hydrogen (secondary N) is 1. The van der Waals surface area contributed by atoms with Gasteiger partial charge in [-0.2, -0.15) is 5.10 Å². The molecule has 0 radical (unpaired) electrons. The number of hydrazone groups is 1. The molecule has 28 heavy (non-hydrogen) atoms. The van der Waals surface area contributed by atoms with Gasteiger partial charge in [0.25, 0.3) is 5.91 Å². The van der Waals surface area contributed by atoms with Gasteiger partial charge in [-0.05, 0) is 62.7 Å². The Labute approximate surface area is 182 Å². The normalized spacial score (nSPS) is 11.2. The van der Waals surface area contributed by atoms with Gasteiger partial charge in [0.15, 0.2) is 0 Å². The number of hydrogen-bond acceptors (Lipinski definition) is 2. The number of halogens is 3. The highest BCUT2D eigenvalue weighted by Gasteiger charge is 2.12. The average molecular weight is 479 g/mol. The molecule has 1 amide bonds. The summed E-state index contributed by atoms with van der Waals surface area (Å²) in [7, 11) is 0. The van der Waals surface area contributed by atoms with E-state index in [4.69, 9.17) is 23.2 Å². The van der Waals surface area contributed by atoms with Gasteiger partial charge >= 0.3 is 0 Å². The van der Waals surface area contributed by atoms with Crippen molar-refractivity contribution in [1.29, 1.82) is 0 Å². The van der Waals surface area contributed by atoms with Crippen molar-refractivity contribution in [1.82, 2.24) is 9.99 Å². The first-order chi connectivity index (χ1) is 13.3. The molecule has 0 aliphatic heterocycles. The second-order valence-electron chi connectivity index (χ2n) is 6.42. The van der Waals surface area contributed by atoms with Crippen LogP contribution < -0.4 is 5.43 Å². The Morgan fingerprint density at radius 1 is 1.11 bits per heavy atom. The fraction of sp³-hybridized carbons (Fsp3) is 0.143. The van der Waals surface area contributed by atoms with Crippen LogP contribution in [0.3, 0.4) is 0 Å². The van der Waals surface area contributed by atoms with E-state index in [2.05, 4.69) is 56.1 Å². The lowest BCUT2D eigenvalue weighted by Gasteiger charge is -2.11. The maximum absolute atomic E-state index is 12.3. The number of rotatable bonds is 4. The Balaban J connectivity index is 1.81. The molecule has 0 fully saturated rings. The van der Waals surface area contributed by atoms with E-state index < -0.39 is 5.91 Å². The average Bonchev–Trinajstić information content (AvgIpc) is 2.91. The minimum atomic E-state index is -0.394. The number of nitrogens with zero attached hydrogens (tertiary/aromatic N) is 2. The molecule has 0 atom stereocenters. The van der Waals surface area contributed by atoms with Gasteiger partial charge in [-0.3, -0.25) is 4.79 Å². The Morgan fingerprint density at radius 3 is 2.54 bits per heavy atom. The largest absolute Gasteiger partial charge is 0.318 e. The molecule has 1 N–H and O–H groups in total. The van der Waals surface area contributed by atoms with Gasteiger partial charge in [-0.25, -0.2) is 5.43 Å². The maximum Gasteiger partial charge on any atom is 0.272 e. The second kappa shape index (κ2) is 8.52. The number of aryl methyl sites for hydroxylation is 2. The number of hydrogen-bond donors (Lipinski definition) is 1. The maximum atomic E-state index is 12.3. The van der Waals surface area contributed by atoms with E-state index in [1.807, 2.05) is 19.9 Å². The first-order valence-electron chi connectivity index (χ1n) is 8.52. The molecule has 2 aromatic carbocycles. The van der Waals surface area contributed by atoms with Crippen LogP contribution in [0, 0.1) is 20.8 Å². The third-order valence-corrected chi connectivity index (χ3v) is 5.83. The number of carbonyl (C=O) groups is 1. The van der Waals surface area contributed by atoms with Crippen molar-refractivity contribution >= 4 is 51.3 Å². The number of benzene rings is 2. The van der Waals surface area contributed by atoms with Crippen LogP contribution in [0.15, 0.2) is 52.0 Å². The summed E-state index contributed by atoms with van der Waals surface area (Å²) >= 11 is 15.5. The monoisotopic (exact) mass is 477 g/mol. The molecule has 0 aliphatic carbocycles. The lowest BCUT2D eigenvalue weighted by Crippen LogP contribution is -2.18. The fourth-order valence-electron chi connectivity index (χ4n) is 2.93. The predicted octanol–water partition coefficient (Wildman–Crippen LogP) is 6.24. The van der Waals surface area contributed by atoms with E-state index in [1.54, 1.807) is 18.3 Å². The van der Waals surface area contributed by atoms with Crippen LogP contribution in [-0.4, -0.2) is 16.7 Å². The highest BCUT2D eigenvalue weighted by Crippen LogP contribution is 2.25. The summed E-state index contributed by atoms with van der Waals surface area (Å²) in [5.74, 6) is -0.394. The summed E-state index contributed by atoms with van der Waals surface area (Å²) in [5.41, 5.74) is 8.07. The van der Waals surface area contributed by atoms with Crippen LogP contribution >= 0.6 is 39.1 Å². The summed E-state index contributed by atoms with van der Waals surface area (Å²) in [5, 5.41) is 4.84. The van der Waals surface area contributed by atoms with Gasteiger partial charge in [-0.1, -0.05) is 45.2 Å². The van der Waals surface area contributed by atoms with Crippen LogP contribution in [-0.2, 0) is 0 Å². The molecular formula is C21H18BrCl2N3O. The number of amides is 1. The summed E-state index contributed by atoms with van der Waals surface area (Å²) in [6.45, 7) is 6.10. The molecule has 0 spiro atoms. The van der Waals surface area contributed by atoms with Crippen LogP contribution in [0.25, 0.3) is 5.69 Å². The highest BCUT2D eigenvalue weighted by molar-refractivity contribution is 9.10. The molecule has 0 saturated carbocycles. The molecule has 1 heterocycles. The fourth-order valence-corrected chi connectivity index (χ4v) is 3.79.